The molecule has 0 aromatic carbocycles. The largest absolute Gasteiger partial charge is 0.369 e. The number of carbonyl (C=O) groups excluding carboxylic acids is 1. The number of hydrogen-bond donors (Lipinski definition) is 2. The molecular formula is C14H23N3O2. The van der Waals surface area contributed by atoms with Crippen LogP contribution in [0, 0.1) is 0 Å². The maximum atomic E-state index is 11.3. The van der Waals surface area contributed by atoms with Crippen molar-refractivity contribution in [1.82, 2.24) is 15.6 Å². The van der Waals surface area contributed by atoms with E-state index < -0.39 is 0 Å². The molecule has 1 aromatic heterocycles. The van der Waals surface area contributed by atoms with Crippen molar-refractivity contribution in [2.45, 2.75) is 32.9 Å². The van der Waals surface area contributed by atoms with Crippen molar-refractivity contribution in [2.75, 3.05) is 19.7 Å². The molecule has 5 heteroatoms. The molecule has 2 N–H and O–H groups in total. The Morgan fingerprint density at radius 1 is 1.42 bits per heavy atom. The zero-order chi connectivity index (χ0) is 13.9. The first-order chi connectivity index (χ1) is 9.18. The van der Waals surface area contributed by atoms with Gasteiger partial charge in [-0.15, -0.1) is 0 Å². The van der Waals surface area contributed by atoms with E-state index in [0.717, 1.165) is 25.1 Å². The topological polar surface area (TPSA) is 63.2 Å². The number of pyridine rings is 1. The fourth-order valence-electron chi connectivity index (χ4n) is 1.47. The summed E-state index contributed by atoms with van der Waals surface area (Å²) in [5.74, 6) is -0.0547. The molecule has 0 spiro atoms. The summed E-state index contributed by atoms with van der Waals surface area (Å²) in [7, 11) is 0. The van der Waals surface area contributed by atoms with E-state index in [0.29, 0.717) is 6.54 Å². The van der Waals surface area contributed by atoms with E-state index in [4.69, 9.17) is 4.74 Å². The molecule has 0 bridgehead atoms. The zero-order valence-corrected chi connectivity index (χ0v) is 11.7. The van der Waals surface area contributed by atoms with Gasteiger partial charge < -0.3 is 15.4 Å². The number of amides is 1. The molecular weight excluding hydrogens is 242 g/mol. The monoisotopic (exact) mass is 265 g/mol. The fraction of sp³-hybridized carbons (Fsp3) is 0.571. The average Bonchev–Trinajstić information content (AvgIpc) is 2.41. The van der Waals surface area contributed by atoms with Gasteiger partial charge in [-0.2, -0.15) is 0 Å². The van der Waals surface area contributed by atoms with E-state index in [9.17, 15) is 4.79 Å². The molecule has 1 rings (SSSR count). The van der Waals surface area contributed by atoms with Crippen LogP contribution in [0.15, 0.2) is 24.5 Å². The minimum atomic E-state index is -0.0547. The molecule has 0 radical (unpaired) electrons. The summed E-state index contributed by atoms with van der Waals surface area (Å²) in [6.07, 6.45) is 4.59. The molecule has 1 heterocycles. The Morgan fingerprint density at radius 2 is 2.26 bits per heavy atom. The second-order valence-electron chi connectivity index (χ2n) is 4.60. The van der Waals surface area contributed by atoms with Crippen LogP contribution in [0.4, 0.5) is 0 Å². The molecule has 0 atom stereocenters. The Kier molecular flexibility index (Phi) is 7.77. The smallest absolute Gasteiger partial charge is 0.246 e. The fourth-order valence-corrected chi connectivity index (χ4v) is 1.47. The summed E-state index contributed by atoms with van der Waals surface area (Å²) in [5, 5.41) is 6.12. The summed E-state index contributed by atoms with van der Waals surface area (Å²) < 4.78 is 5.21. The lowest BCUT2D eigenvalue weighted by Crippen LogP contribution is -2.31. The molecule has 0 aliphatic heterocycles. The van der Waals surface area contributed by atoms with Crippen LogP contribution in [0.25, 0.3) is 0 Å². The lowest BCUT2D eigenvalue weighted by atomic mass is 10.3. The Balaban J connectivity index is 1.95. The highest BCUT2D eigenvalue weighted by Gasteiger charge is 2.01. The third-order valence-corrected chi connectivity index (χ3v) is 2.45. The number of aromatic nitrogens is 1. The minimum absolute atomic E-state index is 0.0547. The lowest BCUT2D eigenvalue weighted by molar-refractivity contribution is -0.127. The van der Waals surface area contributed by atoms with Gasteiger partial charge in [0.05, 0.1) is 6.10 Å². The highest BCUT2D eigenvalue weighted by atomic mass is 16.5. The molecule has 1 aromatic rings. The number of ether oxygens (including phenoxy) is 1. The first-order valence-electron chi connectivity index (χ1n) is 6.66. The van der Waals surface area contributed by atoms with E-state index in [2.05, 4.69) is 15.6 Å². The number of nitrogens with one attached hydrogen (secondary N) is 2. The second kappa shape index (κ2) is 9.47. The van der Waals surface area contributed by atoms with Crippen LogP contribution >= 0.6 is 0 Å². The quantitative estimate of drug-likeness (QED) is 0.656. The zero-order valence-electron chi connectivity index (χ0n) is 11.7. The highest BCUT2D eigenvalue weighted by Crippen LogP contribution is 1.93. The molecule has 5 nitrogen and oxygen atoms in total. The Hall–Kier alpha value is -1.46. The molecule has 0 aliphatic carbocycles. The van der Waals surface area contributed by atoms with Gasteiger partial charge >= 0.3 is 0 Å². The number of carbonyl (C=O) groups is 1. The molecule has 0 saturated heterocycles. The van der Waals surface area contributed by atoms with Crippen molar-refractivity contribution in [2.24, 2.45) is 0 Å². The average molecular weight is 265 g/mol. The van der Waals surface area contributed by atoms with Crippen LogP contribution in [-0.2, 0) is 16.1 Å². The van der Waals surface area contributed by atoms with Crippen LogP contribution in [0.2, 0.25) is 0 Å². The van der Waals surface area contributed by atoms with E-state index >= 15 is 0 Å². The van der Waals surface area contributed by atoms with Crippen molar-refractivity contribution in [1.29, 1.82) is 0 Å². The number of rotatable bonds is 9. The molecule has 0 fully saturated rings. The maximum Gasteiger partial charge on any atom is 0.246 e. The summed E-state index contributed by atoms with van der Waals surface area (Å²) >= 11 is 0. The van der Waals surface area contributed by atoms with Crippen molar-refractivity contribution in [3.05, 3.63) is 30.1 Å². The van der Waals surface area contributed by atoms with Crippen molar-refractivity contribution < 1.29 is 9.53 Å². The first kappa shape index (κ1) is 15.6. The lowest BCUT2D eigenvalue weighted by Gasteiger charge is -2.08. The highest BCUT2D eigenvalue weighted by molar-refractivity contribution is 5.77. The van der Waals surface area contributed by atoms with Gasteiger partial charge in [-0.1, -0.05) is 6.07 Å². The summed E-state index contributed by atoms with van der Waals surface area (Å²) in [4.78, 5) is 15.4. The molecule has 1 amide bonds. The van der Waals surface area contributed by atoms with Crippen LogP contribution in [0.1, 0.15) is 25.8 Å². The third-order valence-electron chi connectivity index (χ3n) is 2.45. The Bertz CT molecular complexity index is 355. The van der Waals surface area contributed by atoms with E-state index in [1.807, 2.05) is 32.2 Å². The number of nitrogens with zero attached hydrogens (tertiary/aromatic N) is 1. The van der Waals surface area contributed by atoms with Crippen LogP contribution in [-0.4, -0.2) is 36.7 Å². The summed E-state index contributed by atoms with van der Waals surface area (Å²) in [6, 6.07) is 3.96. The maximum absolute atomic E-state index is 11.3. The van der Waals surface area contributed by atoms with Gasteiger partial charge in [-0.3, -0.25) is 9.78 Å². The van der Waals surface area contributed by atoms with E-state index in [-0.39, 0.29) is 18.6 Å². The van der Waals surface area contributed by atoms with Gasteiger partial charge in [0, 0.05) is 25.5 Å². The van der Waals surface area contributed by atoms with Gasteiger partial charge in [0.1, 0.15) is 6.61 Å². The van der Waals surface area contributed by atoms with Gasteiger partial charge in [-0.25, -0.2) is 0 Å². The van der Waals surface area contributed by atoms with E-state index in [1.165, 1.54) is 0 Å². The van der Waals surface area contributed by atoms with Crippen LogP contribution < -0.4 is 10.6 Å². The SMILES string of the molecule is CC(C)OCC(=O)NCCCNCc1cccnc1. The first-order valence-corrected chi connectivity index (χ1v) is 6.66. The normalized spacial score (nSPS) is 10.7. The van der Waals surface area contributed by atoms with Crippen molar-refractivity contribution in [3.8, 4) is 0 Å². The predicted molar refractivity (Wildman–Crippen MR) is 74.7 cm³/mol. The Labute approximate surface area is 114 Å². The van der Waals surface area contributed by atoms with Crippen LogP contribution in [0.3, 0.4) is 0 Å². The van der Waals surface area contributed by atoms with Gasteiger partial charge in [0.25, 0.3) is 0 Å². The van der Waals surface area contributed by atoms with Crippen LogP contribution in [0.5, 0.6) is 0 Å². The van der Waals surface area contributed by atoms with Gasteiger partial charge in [0.15, 0.2) is 0 Å². The predicted octanol–water partition coefficient (Wildman–Crippen LogP) is 1.10. The van der Waals surface area contributed by atoms with Crippen molar-refractivity contribution >= 4 is 5.91 Å². The Morgan fingerprint density at radius 3 is 2.95 bits per heavy atom. The molecule has 0 aliphatic rings. The minimum Gasteiger partial charge on any atom is -0.369 e. The standard InChI is InChI=1S/C14H23N3O2/c1-12(2)19-11-14(18)17-8-4-7-16-10-13-5-3-6-15-9-13/h3,5-6,9,12,16H,4,7-8,10-11H2,1-2H3,(H,17,18). The molecule has 0 saturated carbocycles. The van der Waals surface area contributed by atoms with Gasteiger partial charge in [0.2, 0.25) is 5.91 Å². The molecule has 106 valence electrons. The van der Waals surface area contributed by atoms with E-state index in [1.54, 1.807) is 6.20 Å². The third kappa shape index (κ3) is 8.29. The summed E-state index contributed by atoms with van der Waals surface area (Å²) in [5.41, 5.74) is 1.16. The van der Waals surface area contributed by atoms with Gasteiger partial charge in [-0.05, 0) is 38.4 Å². The molecule has 19 heavy (non-hydrogen) atoms. The second-order valence-corrected chi connectivity index (χ2v) is 4.60. The summed E-state index contributed by atoms with van der Waals surface area (Å²) in [6.45, 7) is 6.30. The molecule has 0 unspecified atom stereocenters. The number of hydrogen-bond acceptors (Lipinski definition) is 4. The van der Waals surface area contributed by atoms with Crippen molar-refractivity contribution in [3.63, 3.8) is 0 Å².